The zero-order chi connectivity index (χ0) is 15.3. The van der Waals surface area contributed by atoms with E-state index in [1.165, 1.54) is 32.1 Å². The number of rotatable bonds is 1. The van der Waals surface area contributed by atoms with Crippen molar-refractivity contribution in [2.75, 3.05) is 6.54 Å². The van der Waals surface area contributed by atoms with Crippen molar-refractivity contribution >= 4 is 5.91 Å². The maximum Gasteiger partial charge on any atom is 0.275 e. The van der Waals surface area contributed by atoms with E-state index >= 15 is 0 Å². The summed E-state index contributed by atoms with van der Waals surface area (Å²) in [6, 6.07) is 0. The van der Waals surface area contributed by atoms with Crippen molar-refractivity contribution in [2.45, 2.75) is 76.5 Å². The molecule has 4 rings (SSSR count). The summed E-state index contributed by atoms with van der Waals surface area (Å²) in [4.78, 5) is 15.3. The molecule has 1 spiro atoms. The quantitative estimate of drug-likeness (QED) is 0.867. The molecule has 0 bridgehead atoms. The van der Waals surface area contributed by atoms with Crippen molar-refractivity contribution < 1.29 is 9.53 Å². The topological polar surface area (TPSA) is 58.2 Å². The Labute approximate surface area is 131 Å². The van der Waals surface area contributed by atoms with Crippen LogP contribution in [-0.2, 0) is 11.2 Å². The summed E-state index contributed by atoms with van der Waals surface area (Å²) in [6.45, 7) is 4.98. The van der Waals surface area contributed by atoms with Crippen molar-refractivity contribution in [1.29, 1.82) is 0 Å². The van der Waals surface area contributed by atoms with Crippen LogP contribution in [0.3, 0.4) is 0 Å². The van der Waals surface area contributed by atoms with Crippen LogP contribution in [-0.4, -0.2) is 39.2 Å². The Balaban J connectivity index is 1.66. The molecule has 22 heavy (non-hydrogen) atoms. The molecule has 1 saturated heterocycles. The minimum absolute atomic E-state index is 0.00758. The summed E-state index contributed by atoms with van der Waals surface area (Å²) in [5.74, 6) is 0.137. The van der Waals surface area contributed by atoms with E-state index in [1.807, 2.05) is 6.92 Å². The van der Waals surface area contributed by atoms with Crippen LogP contribution in [0.4, 0.5) is 0 Å². The SMILES string of the molecule is C[C@@H]1Cc2c(C(=O)N3CCCCC34CCC4)n[nH]c2[C@H](C)O1. The molecule has 1 aromatic heterocycles. The fraction of sp³-hybridized carbons (Fsp3) is 0.765. The Morgan fingerprint density at radius 2 is 2.05 bits per heavy atom. The first-order valence-corrected chi connectivity index (χ1v) is 8.65. The maximum atomic E-state index is 13.2. The van der Waals surface area contributed by atoms with Gasteiger partial charge in [-0.1, -0.05) is 0 Å². The average molecular weight is 303 g/mol. The molecular weight excluding hydrogens is 278 g/mol. The molecule has 1 aromatic rings. The van der Waals surface area contributed by atoms with E-state index < -0.39 is 0 Å². The Bertz CT molecular complexity index is 591. The standard InChI is InChI=1S/C17H25N3O2/c1-11-10-13-14(12(2)22-11)18-19-15(13)16(21)20-9-4-3-6-17(20)7-5-8-17/h11-12H,3-10H2,1-2H3,(H,18,19)/t11-,12+/m1/s1. The van der Waals surface area contributed by atoms with Crippen LogP contribution < -0.4 is 0 Å². The summed E-state index contributed by atoms with van der Waals surface area (Å²) < 4.78 is 5.83. The maximum absolute atomic E-state index is 13.2. The second-order valence-corrected chi connectivity index (χ2v) is 7.25. The number of likely N-dealkylation sites (tertiary alicyclic amines) is 1. The summed E-state index contributed by atoms with van der Waals surface area (Å²) >= 11 is 0. The van der Waals surface area contributed by atoms with E-state index in [9.17, 15) is 4.79 Å². The zero-order valence-corrected chi connectivity index (χ0v) is 13.5. The molecule has 1 N–H and O–H groups in total. The number of H-pyrrole nitrogens is 1. The third-order valence-electron chi connectivity index (χ3n) is 5.81. The number of hydrogen-bond acceptors (Lipinski definition) is 3. The first-order valence-electron chi connectivity index (χ1n) is 8.65. The second-order valence-electron chi connectivity index (χ2n) is 7.25. The van der Waals surface area contributed by atoms with Crippen molar-refractivity contribution in [2.24, 2.45) is 0 Å². The molecular formula is C17H25N3O2. The highest BCUT2D eigenvalue weighted by Gasteiger charge is 2.47. The molecule has 2 aliphatic heterocycles. The highest BCUT2D eigenvalue weighted by Crippen LogP contribution is 2.45. The number of aromatic amines is 1. The fourth-order valence-electron chi connectivity index (χ4n) is 4.50. The van der Waals surface area contributed by atoms with Gasteiger partial charge in [0.25, 0.3) is 5.91 Å². The molecule has 1 saturated carbocycles. The Morgan fingerprint density at radius 1 is 1.27 bits per heavy atom. The summed E-state index contributed by atoms with van der Waals surface area (Å²) in [5, 5.41) is 7.44. The lowest BCUT2D eigenvalue weighted by molar-refractivity contribution is -0.00954. The van der Waals surface area contributed by atoms with Gasteiger partial charge < -0.3 is 9.64 Å². The van der Waals surface area contributed by atoms with Gasteiger partial charge in [-0.25, -0.2) is 0 Å². The van der Waals surface area contributed by atoms with Crippen LogP contribution in [0.15, 0.2) is 0 Å². The van der Waals surface area contributed by atoms with E-state index in [-0.39, 0.29) is 23.7 Å². The minimum Gasteiger partial charge on any atom is -0.369 e. The van der Waals surface area contributed by atoms with Gasteiger partial charge in [0, 0.05) is 24.1 Å². The van der Waals surface area contributed by atoms with Crippen LogP contribution in [0, 0.1) is 0 Å². The molecule has 0 aromatic carbocycles. The van der Waals surface area contributed by atoms with Gasteiger partial charge in [-0.15, -0.1) is 0 Å². The van der Waals surface area contributed by atoms with E-state index in [4.69, 9.17) is 4.74 Å². The third-order valence-corrected chi connectivity index (χ3v) is 5.81. The highest BCUT2D eigenvalue weighted by atomic mass is 16.5. The first-order chi connectivity index (χ1) is 10.6. The molecule has 1 aliphatic carbocycles. The molecule has 2 atom stereocenters. The lowest BCUT2D eigenvalue weighted by Gasteiger charge is -2.53. The number of carbonyl (C=O) groups is 1. The van der Waals surface area contributed by atoms with E-state index in [0.29, 0.717) is 5.69 Å². The summed E-state index contributed by atoms with van der Waals surface area (Å²) in [5.41, 5.74) is 2.85. The average Bonchev–Trinajstić information content (AvgIpc) is 2.88. The van der Waals surface area contributed by atoms with Gasteiger partial charge >= 0.3 is 0 Å². The highest BCUT2D eigenvalue weighted by molar-refractivity contribution is 5.94. The first kappa shape index (κ1) is 14.2. The lowest BCUT2D eigenvalue weighted by Crippen LogP contribution is -2.58. The van der Waals surface area contributed by atoms with Gasteiger partial charge in [0.2, 0.25) is 0 Å². The molecule has 1 amide bonds. The molecule has 5 nitrogen and oxygen atoms in total. The summed E-state index contributed by atoms with van der Waals surface area (Å²) in [7, 11) is 0. The number of aromatic nitrogens is 2. The van der Waals surface area contributed by atoms with E-state index in [2.05, 4.69) is 22.0 Å². The van der Waals surface area contributed by atoms with Crippen LogP contribution >= 0.6 is 0 Å². The number of carbonyl (C=O) groups excluding carboxylic acids is 1. The molecule has 0 radical (unpaired) electrons. The molecule has 120 valence electrons. The van der Waals surface area contributed by atoms with Gasteiger partial charge in [-0.3, -0.25) is 9.89 Å². The normalized spacial score (nSPS) is 30.0. The molecule has 3 aliphatic rings. The van der Waals surface area contributed by atoms with Gasteiger partial charge in [0.1, 0.15) is 0 Å². The van der Waals surface area contributed by atoms with Gasteiger partial charge in [0.15, 0.2) is 5.69 Å². The van der Waals surface area contributed by atoms with Crippen LogP contribution in [0.2, 0.25) is 0 Å². The number of amides is 1. The Kier molecular flexibility index (Phi) is 3.29. The smallest absolute Gasteiger partial charge is 0.275 e. The number of nitrogens with zero attached hydrogens (tertiary/aromatic N) is 2. The minimum atomic E-state index is -0.00758. The van der Waals surface area contributed by atoms with Gasteiger partial charge in [-0.2, -0.15) is 5.10 Å². The fourth-order valence-corrected chi connectivity index (χ4v) is 4.50. The van der Waals surface area contributed by atoms with Crippen LogP contribution in [0.5, 0.6) is 0 Å². The van der Waals surface area contributed by atoms with Crippen molar-refractivity contribution in [3.8, 4) is 0 Å². The number of piperidine rings is 1. The number of ether oxygens (including phenoxy) is 1. The lowest BCUT2D eigenvalue weighted by atomic mass is 9.70. The van der Waals surface area contributed by atoms with Crippen LogP contribution in [0.1, 0.15) is 80.2 Å². The zero-order valence-electron chi connectivity index (χ0n) is 13.5. The largest absolute Gasteiger partial charge is 0.369 e. The third kappa shape index (κ3) is 2.02. The van der Waals surface area contributed by atoms with Crippen LogP contribution in [0.25, 0.3) is 0 Å². The molecule has 5 heteroatoms. The van der Waals surface area contributed by atoms with Crippen molar-refractivity contribution in [1.82, 2.24) is 15.1 Å². The van der Waals surface area contributed by atoms with E-state index in [1.54, 1.807) is 0 Å². The monoisotopic (exact) mass is 303 g/mol. The Hall–Kier alpha value is -1.36. The number of nitrogens with one attached hydrogen (secondary N) is 1. The van der Waals surface area contributed by atoms with Crippen molar-refractivity contribution in [3.05, 3.63) is 17.0 Å². The predicted octanol–water partition coefficient (Wildman–Crippen LogP) is 2.98. The van der Waals surface area contributed by atoms with E-state index in [0.717, 1.165) is 30.6 Å². The number of fused-ring (bicyclic) bond motifs is 1. The number of hydrogen-bond donors (Lipinski definition) is 1. The second kappa shape index (κ2) is 5.08. The predicted molar refractivity (Wildman–Crippen MR) is 82.7 cm³/mol. The molecule has 3 heterocycles. The summed E-state index contributed by atoms with van der Waals surface area (Å²) in [6.07, 6.45) is 8.05. The van der Waals surface area contributed by atoms with Crippen molar-refractivity contribution in [3.63, 3.8) is 0 Å². The van der Waals surface area contributed by atoms with Gasteiger partial charge in [0.05, 0.1) is 17.9 Å². The van der Waals surface area contributed by atoms with Gasteiger partial charge in [-0.05, 0) is 52.4 Å². The molecule has 2 fully saturated rings. The molecule has 0 unspecified atom stereocenters. The Morgan fingerprint density at radius 3 is 2.77 bits per heavy atom.